The minimum atomic E-state index is -1.52. The molecule has 0 fully saturated rings. The first-order chi connectivity index (χ1) is 46.7. The van der Waals surface area contributed by atoms with E-state index in [1.807, 2.05) is 4.90 Å². The van der Waals surface area contributed by atoms with E-state index in [2.05, 4.69) is 59.4 Å². The summed E-state index contributed by atoms with van der Waals surface area (Å²) in [6.07, 6.45) is 36.8. The van der Waals surface area contributed by atoms with Crippen molar-refractivity contribution >= 4 is 54.0 Å². The van der Waals surface area contributed by atoms with Gasteiger partial charge in [-0.3, -0.25) is 34.3 Å². The summed E-state index contributed by atoms with van der Waals surface area (Å²) in [6.45, 7) is 26.2. The fourth-order valence-corrected chi connectivity index (χ4v) is 11.1. The average molecular weight is 1410 g/mol. The first kappa shape index (κ1) is 93.1. The second-order valence-corrected chi connectivity index (χ2v) is 30.6. The van der Waals surface area contributed by atoms with E-state index in [1.54, 1.807) is 83.1 Å². The van der Waals surface area contributed by atoms with Crippen molar-refractivity contribution in [2.45, 2.75) is 369 Å². The molecule has 0 heterocycles. The van der Waals surface area contributed by atoms with Gasteiger partial charge < -0.3 is 50.0 Å². The van der Waals surface area contributed by atoms with Crippen LogP contribution in [0.25, 0.3) is 0 Å². The molecule has 0 unspecified atom stereocenters. The Morgan fingerprint density at radius 2 is 0.778 bits per heavy atom. The van der Waals surface area contributed by atoms with E-state index in [9.17, 15) is 53.4 Å². The van der Waals surface area contributed by atoms with Gasteiger partial charge >= 0.3 is 36.3 Å². The zero-order chi connectivity index (χ0) is 74.6. The predicted molar refractivity (Wildman–Crippen MR) is 395 cm³/mol. The SMILES string of the molecule is CCCCCCCC/C=C\CCCCCCCCN(CCCCCCCC/C=C\CCCCCCCC)[C@@H](CCC(=O)NC(=O)[C@H](CCCN(CCCNC(=O)OC(C)(C)C)C(=O)OC(C)(C)C)N(CCCNC(=O)OC(C)(C)C)C(=O)OC(C)(C)C)C(=O)N[C@@H](CCC(=O)O)C(=O)O. The van der Waals surface area contributed by atoms with Crippen molar-refractivity contribution in [3.63, 3.8) is 0 Å². The molecule has 0 aromatic heterocycles. The van der Waals surface area contributed by atoms with Crippen LogP contribution >= 0.6 is 0 Å². The van der Waals surface area contributed by atoms with Crippen molar-refractivity contribution in [2.75, 3.05) is 45.8 Å². The van der Waals surface area contributed by atoms with E-state index in [1.165, 1.54) is 86.8 Å². The van der Waals surface area contributed by atoms with Crippen LogP contribution in [-0.2, 0) is 42.9 Å². The summed E-state index contributed by atoms with van der Waals surface area (Å²) in [6, 6.07) is -3.96. The Morgan fingerprint density at radius 1 is 0.394 bits per heavy atom. The van der Waals surface area contributed by atoms with Crippen LogP contribution in [0.2, 0.25) is 0 Å². The zero-order valence-electron chi connectivity index (χ0n) is 64.5. The highest BCUT2D eigenvalue weighted by Crippen LogP contribution is 2.21. The van der Waals surface area contributed by atoms with Gasteiger partial charge in [-0.05, 0) is 199 Å². The third-order valence-electron chi connectivity index (χ3n) is 16.2. The number of carbonyl (C=O) groups is 9. The number of hydrogen-bond acceptors (Lipinski definition) is 14. The van der Waals surface area contributed by atoms with E-state index in [0.29, 0.717) is 19.5 Å². The monoisotopic (exact) mass is 1400 g/mol. The topological polar surface area (TPSA) is 289 Å². The van der Waals surface area contributed by atoms with E-state index < -0.39 is 101 Å². The molecule has 22 heteroatoms. The molecule has 0 spiro atoms. The second kappa shape index (κ2) is 54.8. The first-order valence-electron chi connectivity index (χ1n) is 38.2. The number of unbranched alkanes of at least 4 members (excludes halogenated alkanes) is 24. The maximum Gasteiger partial charge on any atom is 0.410 e. The highest BCUT2D eigenvalue weighted by Gasteiger charge is 2.36. The zero-order valence-corrected chi connectivity index (χ0v) is 64.5. The summed E-state index contributed by atoms with van der Waals surface area (Å²) in [5.74, 6) is -4.94. The smallest absolute Gasteiger partial charge is 0.410 e. The summed E-state index contributed by atoms with van der Waals surface area (Å²) in [5, 5.41) is 30.3. The third-order valence-corrected chi connectivity index (χ3v) is 16.2. The molecule has 0 saturated carbocycles. The second-order valence-electron chi connectivity index (χ2n) is 30.6. The fourth-order valence-electron chi connectivity index (χ4n) is 11.1. The Hall–Kier alpha value is -5.93. The number of carboxylic acids is 2. The Kier molecular flexibility index (Phi) is 51.5. The van der Waals surface area contributed by atoms with Crippen LogP contribution in [0.4, 0.5) is 19.2 Å². The molecule has 0 rings (SSSR count). The minimum Gasteiger partial charge on any atom is -0.481 e. The van der Waals surface area contributed by atoms with Crippen molar-refractivity contribution in [1.29, 1.82) is 0 Å². The Morgan fingerprint density at radius 3 is 1.18 bits per heavy atom. The number of hydrogen-bond donors (Lipinski definition) is 6. The molecule has 6 N–H and O–H groups in total. The lowest BCUT2D eigenvalue weighted by atomic mass is 10.0. The number of ether oxygens (including phenoxy) is 4. The third kappa shape index (κ3) is 55.4. The Labute approximate surface area is 598 Å². The number of imide groups is 1. The molecule has 3 atom stereocenters. The van der Waals surface area contributed by atoms with Gasteiger partial charge in [0, 0.05) is 45.6 Å². The van der Waals surface area contributed by atoms with Crippen LogP contribution < -0.4 is 21.3 Å². The van der Waals surface area contributed by atoms with Crippen LogP contribution in [0.15, 0.2) is 24.3 Å². The van der Waals surface area contributed by atoms with Crippen LogP contribution in [0.3, 0.4) is 0 Å². The molecule has 7 amide bonds. The highest BCUT2D eigenvalue weighted by molar-refractivity contribution is 5.99. The van der Waals surface area contributed by atoms with Crippen LogP contribution in [-0.4, -0.2) is 165 Å². The number of nitrogens with zero attached hydrogens (tertiary/aromatic N) is 3. The molecule has 574 valence electrons. The van der Waals surface area contributed by atoms with Gasteiger partial charge in [-0.1, -0.05) is 154 Å². The number of amides is 7. The number of alkyl carbamates (subject to hydrolysis) is 2. The summed E-state index contributed by atoms with van der Waals surface area (Å²) >= 11 is 0. The Balaban J connectivity index is 7.10. The van der Waals surface area contributed by atoms with Crippen molar-refractivity contribution in [3.8, 4) is 0 Å². The van der Waals surface area contributed by atoms with E-state index >= 15 is 0 Å². The van der Waals surface area contributed by atoms with Gasteiger partial charge in [0.05, 0.1) is 6.04 Å². The highest BCUT2D eigenvalue weighted by atomic mass is 16.6. The van der Waals surface area contributed by atoms with Gasteiger partial charge in [0.2, 0.25) is 17.7 Å². The molecule has 0 aliphatic rings. The summed E-state index contributed by atoms with van der Waals surface area (Å²) in [7, 11) is 0. The Bertz CT molecular complexity index is 2260. The lowest BCUT2D eigenvalue weighted by molar-refractivity contribution is -0.144. The predicted octanol–water partition coefficient (Wildman–Crippen LogP) is 17.0. The number of carboxylic acid groups (broad SMARTS) is 2. The molecule has 99 heavy (non-hydrogen) atoms. The molecule has 22 nitrogen and oxygen atoms in total. The molecule has 0 aromatic carbocycles. The lowest BCUT2D eigenvalue weighted by Gasteiger charge is -2.34. The minimum absolute atomic E-state index is 0.0197. The van der Waals surface area contributed by atoms with Gasteiger partial charge in [0.1, 0.15) is 34.5 Å². The van der Waals surface area contributed by atoms with E-state index in [-0.39, 0.29) is 71.2 Å². The number of allylic oxidation sites excluding steroid dienone is 4. The van der Waals surface area contributed by atoms with Gasteiger partial charge in [0.15, 0.2) is 0 Å². The largest absolute Gasteiger partial charge is 0.481 e. The molecule has 0 saturated heterocycles. The maximum atomic E-state index is 14.9. The number of aliphatic carboxylic acids is 2. The lowest BCUT2D eigenvalue weighted by Crippen LogP contribution is -2.54. The van der Waals surface area contributed by atoms with Crippen molar-refractivity contribution in [1.82, 2.24) is 36.0 Å². The summed E-state index contributed by atoms with van der Waals surface area (Å²) in [4.78, 5) is 126. The van der Waals surface area contributed by atoms with E-state index in [0.717, 1.165) is 103 Å². The van der Waals surface area contributed by atoms with Gasteiger partial charge in [-0.15, -0.1) is 0 Å². The van der Waals surface area contributed by atoms with Crippen molar-refractivity contribution in [3.05, 3.63) is 24.3 Å². The molecule has 0 bridgehead atoms. The molecule has 0 aliphatic carbocycles. The molecular formula is C77H141N7O15. The molecule has 0 aromatic rings. The number of carbonyl (C=O) groups excluding carboxylic acids is 7. The van der Waals surface area contributed by atoms with Gasteiger partial charge in [-0.25, -0.2) is 24.0 Å². The maximum absolute atomic E-state index is 14.9. The number of rotatable bonds is 56. The molecule has 0 radical (unpaired) electrons. The fraction of sp³-hybridized carbons (Fsp3) is 0.831. The van der Waals surface area contributed by atoms with Crippen molar-refractivity contribution < 1.29 is 72.3 Å². The average Bonchev–Trinajstić information content (AvgIpc) is 0.851. The van der Waals surface area contributed by atoms with Crippen LogP contribution in [0.5, 0.6) is 0 Å². The molecular weight excluding hydrogens is 1260 g/mol. The first-order valence-corrected chi connectivity index (χ1v) is 38.2. The standard InChI is InChI=1S/C77H141N7O15/c1-15-17-19-21-23-25-27-29-31-33-35-37-39-41-43-45-57-82(58-46-44-42-40-38-36-34-32-30-28-26-24-22-20-18-16-2)63(67(88)80-62(69(90)91)51-54-66(86)87)52-53-65(85)81-68(89)64(84(73(95)99-77(12,13)14)61-49-56-79-71(93)97-75(6,7)8)50-47-59-83(72(94)98-76(9,10)11)60-48-55-78-70(92)96-74(3,4)5/h29-32,62-64H,15-28,33-61H2,1-14H3,(H,78,92)(H,79,93)(H,80,88)(H,86,87)(H,90,91)(H,81,85,89)/b31-29-,32-30-/t62-,63-,64-/m0/s1. The van der Waals surface area contributed by atoms with Gasteiger partial charge in [-0.2, -0.15) is 0 Å². The normalized spacial score (nSPS) is 13.0. The molecule has 0 aliphatic heterocycles. The van der Waals surface area contributed by atoms with Gasteiger partial charge in [0.25, 0.3) is 0 Å². The summed E-state index contributed by atoms with van der Waals surface area (Å²) < 4.78 is 22.4. The summed E-state index contributed by atoms with van der Waals surface area (Å²) in [5.41, 5.74) is -3.43. The quantitative estimate of drug-likeness (QED) is 0.0187. The van der Waals surface area contributed by atoms with Crippen LogP contribution in [0, 0.1) is 0 Å². The van der Waals surface area contributed by atoms with Crippen LogP contribution in [0.1, 0.15) is 328 Å². The van der Waals surface area contributed by atoms with Crippen molar-refractivity contribution in [2.24, 2.45) is 0 Å². The number of nitrogens with one attached hydrogen (secondary N) is 4. The van der Waals surface area contributed by atoms with E-state index in [4.69, 9.17) is 18.9 Å².